The number of amides is 1. The molecule has 0 aliphatic heterocycles. The Labute approximate surface area is 109 Å². The van der Waals surface area contributed by atoms with Crippen LogP contribution >= 0.6 is 11.6 Å². The van der Waals surface area contributed by atoms with Gasteiger partial charge in [-0.1, -0.05) is 11.6 Å². The molecule has 0 saturated carbocycles. The van der Waals surface area contributed by atoms with Gasteiger partial charge in [0.25, 0.3) is 5.91 Å². The second-order valence-electron chi connectivity index (χ2n) is 3.91. The molecule has 0 saturated heterocycles. The molecule has 0 spiro atoms. The molecular formula is C11H12ClN5O. The van der Waals surface area contributed by atoms with Gasteiger partial charge in [-0.15, -0.1) is 0 Å². The molecule has 94 valence electrons. The van der Waals surface area contributed by atoms with Crippen LogP contribution in [0.2, 0.25) is 5.15 Å². The zero-order valence-corrected chi connectivity index (χ0v) is 11.0. The molecule has 0 bridgehead atoms. The molecule has 2 rings (SSSR count). The van der Waals surface area contributed by atoms with Crippen molar-refractivity contribution in [2.45, 2.75) is 13.8 Å². The highest BCUT2D eigenvalue weighted by Crippen LogP contribution is 2.12. The Kier molecular flexibility index (Phi) is 3.29. The summed E-state index contributed by atoms with van der Waals surface area (Å²) in [5, 5.41) is 6.99. The summed E-state index contributed by atoms with van der Waals surface area (Å²) in [6.07, 6.45) is 1.64. The van der Waals surface area contributed by atoms with Gasteiger partial charge in [0.05, 0.1) is 11.3 Å². The van der Waals surface area contributed by atoms with Crippen LogP contribution in [0, 0.1) is 13.8 Å². The normalized spacial score (nSPS) is 10.4. The van der Waals surface area contributed by atoms with Crippen molar-refractivity contribution in [1.82, 2.24) is 19.7 Å². The van der Waals surface area contributed by atoms with E-state index in [0.29, 0.717) is 22.1 Å². The van der Waals surface area contributed by atoms with Crippen molar-refractivity contribution in [3.8, 4) is 0 Å². The molecule has 7 heteroatoms. The predicted molar refractivity (Wildman–Crippen MR) is 67.7 cm³/mol. The van der Waals surface area contributed by atoms with Gasteiger partial charge in [-0.05, 0) is 19.9 Å². The van der Waals surface area contributed by atoms with E-state index in [1.165, 1.54) is 0 Å². The lowest BCUT2D eigenvalue weighted by Crippen LogP contribution is -2.15. The second kappa shape index (κ2) is 4.73. The van der Waals surface area contributed by atoms with E-state index >= 15 is 0 Å². The number of anilines is 1. The summed E-state index contributed by atoms with van der Waals surface area (Å²) < 4.78 is 1.58. The van der Waals surface area contributed by atoms with Crippen LogP contribution in [0.4, 0.5) is 5.95 Å². The van der Waals surface area contributed by atoms with Crippen LogP contribution in [0.25, 0.3) is 0 Å². The fourth-order valence-corrected chi connectivity index (χ4v) is 1.82. The lowest BCUT2D eigenvalue weighted by Gasteiger charge is -2.03. The highest BCUT2D eigenvalue weighted by atomic mass is 35.5. The molecule has 2 aromatic heterocycles. The van der Waals surface area contributed by atoms with Gasteiger partial charge in [0.1, 0.15) is 5.15 Å². The summed E-state index contributed by atoms with van der Waals surface area (Å²) in [5.74, 6) is -0.115. The van der Waals surface area contributed by atoms with Crippen LogP contribution in [-0.4, -0.2) is 25.7 Å². The van der Waals surface area contributed by atoms with E-state index in [1.54, 1.807) is 37.8 Å². The SMILES string of the molecule is Cc1cc(Cl)nc(NC(=O)c2cn(C)nc2C)n1. The molecule has 0 aliphatic carbocycles. The van der Waals surface area contributed by atoms with Crippen molar-refractivity contribution >= 4 is 23.5 Å². The topological polar surface area (TPSA) is 72.7 Å². The van der Waals surface area contributed by atoms with E-state index in [-0.39, 0.29) is 11.9 Å². The molecule has 0 unspecified atom stereocenters. The Morgan fingerprint density at radius 2 is 2.11 bits per heavy atom. The van der Waals surface area contributed by atoms with Gasteiger partial charge in [-0.25, -0.2) is 9.97 Å². The van der Waals surface area contributed by atoms with Gasteiger partial charge in [0, 0.05) is 18.9 Å². The van der Waals surface area contributed by atoms with E-state index in [2.05, 4.69) is 20.4 Å². The zero-order valence-electron chi connectivity index (χ0n) is 10.2. The second-order valence-corrected chi connectivity index (χ2v) is 4.30. The quantitative estimate of drug-likeness (QED) is 0.840. The average Bonchev–Trinajstić information content (AvgIpc) is 2.56. The number of carbonyl (C=O) groups excluding carboxylic acids is 1. The van der Waals surface area contributed by atoms with Crippen LogP contribution in [-0.2, 0) is 7.05 Å². The third-order valence-electron chi connectivity index (χ3n) is 2.31. The minimum atomic E-state index is -0.303. The number of halogens is 1. The molecule has 2 aromatic rings. The largest absolute Gasteiger partial charge is 0.290 e. The molecule has 18 heavy (non-hydrogen) atoms. The summed E-state index contributed by atoms with van der Waals surface area (Å²) in [4.78, 5) is 20.0. The van der Waals surface area contributed by atoms with Gasteiger partial charge in [-0.2, -0.15) is 5.10 Å². The minimum absolute atomic E-state index is 0.188. The predicted octanol–water partition coefficient (Wildman–Crippen LogP) is 1.73. The minimum Gasteiger partial charge on any atom is -0.290 e. The molecule has 0 aliphatic rings. The van der Waals surface area contributed by atoms with E-state index in [9.17, 15) is 4.79 Å². The van der Waals surface area contributed by atoms with Crippen LogP contribution in [0.5, 0.6) is 0 Å². The molecule has 0 fully saturated rings. The van der Waals surface area contributed by atoms with Crippen LogP contribution in [0.15, 0.2) is 12.3 Å². The molecule has 6 nitrogen and oxygen atoms in total. The van der Waals surface area contributed by atoms with Crippen molar-refractivity contribution in [1.29, 1.82) is 0 Å². The van der Waals surface area contributed by atoms with Gasteiger partial charge in [0.15, 0.2) is 0 Å². The maximum Gasteiger partial charge on any atom is 0.261 e. The fraction of sp³-hybridized carbons (Fsp3) is 0.273. The average molecular weight is 266 g/mol. The van der Waals surface area contributed by atoms with Gasteiger partial charge in [-0.3, -0.25) is 14.8 Å². The molecule has 0 radical (unpaired) electrons. The van der Waals surface area contributed by atoms with Crippen molar-refractivity contribution in [2.75, 3.05) is 5.32 Å². The highest BCUT2D eigenvalue weighted by molar-refractivity contribution is 6.29. The Bertz CT molecular complexity index is 587. The Morgan fingerprint density at radius 3 is 2.67 bits per heavy atom. The number of nitrogens with one attached hydrogen (secondary N) is 1. The Balaban J connectivity index is 2.23. The molecule has 0 aromatic carbocycles. The van der Waals surface area contributed by atoms with Crippen molar-refractivity contribution < 1.29 is 4.79 Å². The van der Waals surface area contributed by atoms with E-state index in [1.807, 2.05) is 0 Å². The first-order chi connectivity index (χ1) is 8.45. The molecule has 2 heterocycles. The monoisotopic (exact) mass is 265 g/mol. The first kappa shape index (κ1) is 12.5. The first-order valence-corrected chi connectivity index (χ1v) is 5.66. The summed E-state index contributed by atoms with van der Waals surface area (Å²) >= 11 is 5.80. The van der Waals surface area contributed by atoms with Crippen LogP contribution in [0.3, 0.4) is 0 Å². The Hall–Kier alpha value is -1.95. The van der Waals surface area contributed by atoms with Crippen molar-refractivity contribution in [3.63, 3.8) is 0 Å². The van der Waals surface area contributed by atoms with E-state index < -0.39 is 0 Å². The van der Waals surface area contributed by atoms with Gasteiger partial charge in [0.2, 0.25) is 5.95 Å². The van der Waals surface area contributed by atoms with Gasteiger partial charge < -0.3 is 0 Å². The zero-order chi connectivity index (χ0) is 13.3. The Morgan fingerprint density at radius 1 is 1.39 bits per heavy atom. The van der Waals surface area contributed by atoms with Crippen molar-refractivity contribution in [2.24, 2.45) is 7.05 Å². The number of aromatic nitrogens is 4. The number of aryl methyl sites for hydroxylation is 3. The molecule has 1 N–H and O–H groups in total. The summed E-state index contributed by atoms with van der Waals surface area (Å²) in [6, 6.07) is 1.62. The first-order valence-electron chi connectivity index (χ1n) is 5.28. The van der Waals surface area contributed by atoms with Crippen LogP contribution in [0.1, 0.15) is 21.7 Å². The molecular weight excluding hydrogens is 254 g/mol. The fourth-order valence-electron chi connectivity index (χ4n) is 1.58. The number of hydrogen-bond donors (Lipinski definition) is 1. The lowest BCUT2D eigenvalue weighted by atomic mass is 10.2. The summed E-state index contributed by atoms with van der Waals surface area (Å²) in [7, 11) is 1.75. The van der Waals surface area contributed by atoms with Crippen molar-refractivity contribution in [3.05, 3.63) is 34.4 Å². The maximum absolute atomic E-state index is 12.0. The van der Waals surface area contributed by atoms with E-state index in [0.717, 1.165) is 0 Å². The number of carbonyl (C=O) groups is 1. The smallest absolute Gasteiger partial charge is 0.261 e. The standard InChI is InChI=1S/C11H12ClN5O/c1-6-4-9(12)14-11(13-6)15-10(18)8-5-17(3)16-7(8)2/h4-5H,1-3H3,(H,13,14,15,18). The third kappa shape index (κ3) is 2.65. The number of hydrogen-bond acceptors (Lipinski definition) is 4. The van der Waals surface area contributed by atoms with Crippen LogP contribution < -0.4 is 5.32 Å². The molecule has 1 amide bonds. The number of rotatable bonds is 2. The van der Waals surface area contributed by atoms with Gasteiger partial charge >= 0.3 is 0 Å². The molecule has 0 atom stereocenters. The van der Waals surface area contributed by atoms with E-state index in [4.69, 9.17) is 11.6 Å². The summed E-state index contributed by atoms with van der Waals surface area (Å²) in [6.45, 7) is 3.54. The maximum atomic E-state index is 12.0. The number of nitrogens with zero attached hydrogens (tertiary/aromatic N) is 4. The highest BCUT2D eigenvalue weighted by Gasteiger charge is 2.14. The summed E-state index contributed by atoms with van der Waals surface area (Å²) in [5.41, 5.74) is 1.82. The third-order valence-corrected chi connectivity index (χ3v) is 2.50. The lowest BCUT2D eigenvalue weighted by molar-refractivity contribution is 0.102.